The first-order valence-corrected chi connectivity index (χ1v) is 10.5. The highest BCUT2D eigenvalue weighted by Crippen LogP contribution is 2.64. The van der Waals surface area contributed by atoms with Gasteiger partial charge >= 0.3 is 7.60 Å². The van der Waals surface area contributed by atoms with Crippen LogP contribution in [0.2, 0.25) is 0 Å². The summed E-state index contributed by atoms with van der Waals surface area (Å²) in [6.07, 6.45) is 1.84. The van der Waals surface area contributed by atoms with Crippen molar-refractivity contribution < 1.29 is 27.2 Å². The van der Waals surface area contributed by atoms with Gasteiger partial charge < -0.3 is 27.2 Å². The average Bonchev–Trinajstić information content (AvgIpc) is 3.15. The molecule has 0 N–H and O–H groups in total. The molecule has 0 radical (unpaired) electrons. The third-order valence-corrected chi connectivity index (χ3v) is 9.10. The molecular weight excluding hydrogens is 364 g/mol. The van der Waals surface area contributed by atoms with E-state index in [-0.39, 0.29) is 5.03 Å². The first-order chi connectivity index (χ1) is 12.0. The molecule has 7 nitrogen and oxygen atoms in total. The first-order valence-electron chi connectivity index (χ1n) is 7.41. The van der Waals surface area contributed by atoms with Gasteiger partial charge in [0.25, 0.3) is 7.57 Å². The fourth-order valence-electron chi connectivity index (χ4n) is 2.54. The highest BCUT2D eigenvalue weighted by Gasteiger charge is 2.42. The zero-order valence-electron chi connectivity index (χ0n) is 14.9. The molecule has 0 aliphatic heterocycles. The normalized spacial score (nSPS) is 12.4. The lowest BCUT2D eigenvalue weighted by Gasteiger charge is -2.28. The molecule has 2 rings (SSSR count). The monoisotopic (exact) mass is 387 g/mol. The molecule has 0 bridgehead atoms. The van der Waals surface area contributed by atoms with Crippen molar-refractivity contribution in [2.45, 2.75) is 0 Å². The van der Waals surface area contributed by atoms with E-state index in [4.69, 9.17) is 22.6 Å². The van der Waals surface area contributed by atoms with Crippen molar-refractivity contribution in [3.05, 3.63) is 54.4 Å². The van der Waals surface area contributed by atoms with Crippen LogP contribution in [-0.2, 0) is 27.2 Å². The SMILES string of the molecule is COP(=O)(OC)C(c1cccn1-c1ccccc1)=P(OC)(OC)OC. The molecule has 0 fully saturated rings. The van der Waals surface area contributed by atoms with E-state index in [0.29, 0.717) is 5.69 Å². The van der Waals surface area contributed by atoms with Gasteiger partial charge in [0.2, 0.25) is 0 Å². The quantitative estimate of drug-likeness (QED) is 0.634. The minimum Gasteiger partial charge on any atom is -0.320 e. The molecule has 0 saturated heterocycles. The van der Waals surface area contributed by atoms with E-state index in [2.05, 4.69) is 0 Å². The fourth-order valence-corrected chi connectivity index (χ4v) is 7.35. The maximum atomic E-state index is 13.3. The Hall–Kier alpha value is -1.17. The molecule has 138 valence electrons. The van der Waals surface area contributed by atoms with Crippen molar-refractivity contribution in [3.63, 3.8) is 0 Å². The number of hydrogen-bond acceptors (Lipinski definition) is 6. The van der Waals surface area contributed by atoms with Crippen molar-refractivity contribution in [1.29, 1.82) is 0 Å². The van der Waals surface area contributed by atoms with E-state index in [9.17, 15) is 4.57 Å². The van der Waals surface area contributed by atoms with Crippen LogP contribution in [0.1, 0.15) is 5.69 Å². The van der Waals surface area contributed by atoms with Gasteiger partial charge in [-0.15, -0.1) is 0 Å². The standard InChI is InChI=1S/C16H23NO6P2/c1-19-24(18,20-2)16(25(21-3,22-4)23-5)15-12-9-13-17(15)14-10-7-6-8-11-14/h6-13H,1-5H3. The molecular formula is C16H23NO6P2. The lowest BCUT2D eigenvalue weighted by Crippen LogP contribution is -2.15. The molecule has 1 aromatic heterocycles. The van der Waals surface area contributed by atoms with Gasteiger partial charge in [0, 0.05) is 47.4 Å². The largest absolute Gasteiger partial charge is 0.369 e. The van der Waals surface area contributed by atoms with Crippen LogP contribution in [0.5, 0.6) is 0 Å². The second-order valence-corrected chi connectivity index (χ2v) is 9.89. The molecule has 0 unspecified atom stereocenters. The summed E-state index contributed by atoms with van der Waals surface area (Å²) in [5, 5.41) is 0.214. The van der Waals surface area contributed by atoms with Crippen molar-refractivity contribution in [3.8, 4) is 5.69 Å². The van der Waals surface area contributed by atoms with E-state index in [1.807, 2.05) is 47.2 Å². The summed E-state index contributed by atoms with van der Waals surface area (Å²) in [7, 11) is 0.0554. The second-order valence-electron chi connectivity index (χ2n) is 4.83. The number of hydrogen-bond donors (Lipinski definition) is 0. The van der Waals surface area contributed by atoms with Gasteiger partial charge in [-0.05, 0) is 24.3 Å². The zero-order valence-corrected chi connectivity index (χ0v) is 16.7. The average molecular weight is 387 g/mol. The predicted octanol–water partition coefficient (Wildman–Crippen LogP) is 4.14. The van der Waals surface area contributed by atoms with Crippen molar-refractivity contribution in [2.24, 2.45) is 0 Å². The Balaban J connectivity index is 2.88. The van der Waals surface area contributed by atoms with Crippen LogP contribution in [0.3, 0.4) is 0 Å². The Kier molecular flexibility index (Phi) is 6.83. The van der Waals surface area contributed by atoms with E-state index < -0.39 is 15.2 Å². The molecule has 0 atom stereocenters. The molecule has 0 amide bonds. The van der Waals surface area contributed by atoms with Crippen molar-refractivity contribution in [1.82, 2.24) is 4.57 Å². The second kappa shape index (κ2) is 8.47. The summed E-state index contributed by atoms with van der Waals surface area (Å²) >= 11 is 0. The van der Waals surface area contributed by atoms with Gasteiger partial charge in [-0.2, -0.15) is 0 Å². The van der Waals surface area contributed by atoms with Crippen LogP contribution < -0.4 is 0 Å². The number of nitrogens with zero attached hydrogens (tertiary/aromatic N) is 1. The van der Waals surface area contributed by atoms with Gasteiger partial charge in [0.15, 0.2) is 5.03 Å². The molecule has 0 aliphatic rings. The van der Waals surface area contributed by atoms with E-state index >= 15 is 0 Å². The highest BCUT2D eigenvalue weighted by atomic mass is 31.2. The molecule has 0 aliphatic carbocycles. The summed E-state index contributed by atoms with van der Waals surface area (Å²) in [5.41, 5.74) is 1.44. The fraction of sp³-hybridized carbons (Fsp3) is 0.312. The summed E-state index contributed by atoms with van der Waals surface area (Å²) < 4.78 is 42.3. The van der Waals surface area contributed by atoms with Crippen LogP contribution in [0.4, 0.5) is 0 Å². The van der Waals surface area contributed by atoms with Gasteiger partial charge in [-0.3, -0.25) is 4.57 Å². The van der Waals surface area contributed by atoms with Crippen LogP contribution in [0.25, 0.3) is 5.69 Å². The summed E-state index contributed by atoms with van der Waals surface area (Å²) in [5.74, 6) is 0. The van der Waals surface area contributed by atoms with E-state index in [0.717, 1.165) is 5.69 Å². The lowest BCUT2D eigenvalue weighted by molar-refractivity contribution is 0.232. The topological polar surface area (TPSA) is 68.2 Å². The number of rotatable bonds is 8. The summed E-state index contributed by atoms with van der Waals surface area (Å²) in [6.45, 7) is 0. The smallest absolute Gasteiger partial charge is 0.320 e. The van der Waals surface area contributed by atoms with Crippen LogP contribution in [0.15, 0.2) is 48.7 Å². The van der Waals surface area contributed by atoms with E-state index in [1.54, 1.807) is 6.07 Å². The summed E-state index contributed by atoms with van der Waals surface area (Å²) in [4.78, 5) is 0. The molecule has 2 aromatic rings. The molecule has 9 heteroatoms. The van der Waals surface area contributed by atoms with Gasteiger partial charge in [0.05, 0.1) is 5.69 Å². The molecule has 1 aromatic carbocycles. The number of benzene rings is 1. The van der Waals surface area contributed by atoms with Crippen molar-refractivity contribution in [2.75, 3.05) is 35.5 Å². The Morgan fingerprint density at radius 2 is 1.36 bits per heavy atom. The zero-order chi connectivity index (χ0) is 18.5. The van der Waals surface area contributed by atoms with Crippen LogP contribution in [-0.4, -0.2) is 45.2 Å². The number of para-hydroxylation sites is 1. The minimum atomic E-state index is -3.73. The Labute approximate surface area is 148 Å². The molecule has 0 saturated carbocycles. The lowest BCUT2D eigenvalue weighted by atomic mass is 10.3. The first kappa shape index (κ1) is 20.1. The van der Waals surface area contributed by atoms with Gasteiger partial charge in [0.1, 0.15) is 0 Å². The Morgan fingerprint density at radius 1 is 0.800 bits per heavy atom. The minimum absolute atomic E-state index is 0.214. The van der Waals surface area contributed by atoms with Crippen molar-refractivity contribution >= 4 is 20.2 Å². The van der Waals surface area contributed by atoms with E-state index in [1.165, 1.54) is 35.5 Å². The maximum Gasteiger partial charge on any atom is 0.369 e. The third-order valence-electron chi connectivity index (χ3n) is 3.73. The Morgan fingerprint density at radius 3 is 1.84 bits per heavy atom. The number of aromatic nitrogens is 1. The molecule has 0 spiro atoms. The molecule has 25 heavy (non-hydrogen) atoms. The Bertz CT molecular complexity index is 775. The molecule has 1 heterocycles. The predicted molar refractivity (Wildman–Crippen MR) is 99.4 cm³/mol. The van der Waals surface area contributed by atoms with Gasteiger partial charge in [-0.1, -0.05) is 18.2 Å². The van der Waals surface area contributed by atoms with Crippen LogP contribution >= 0.6 is 15.2 Å². The maximum absolute atomic E-state index is 13.3. The highest BCUT2D eigenvalue weighted by molar-refractivity contribution is 7.89. The van der Waals surface area contributed by atoms with Crippen LogP contribution in [0, 0.1) is 0 Å². The third kappa shape index (κ3) is 3.69. The summed E-state index contributed by atoms with van der Waals surface area (Å²) in [6, 6.07) is 13.2. The van der Waals surface area contributed by atoms with Gasteiger partial charge in [-0.25, -0.2) is 0 Å².